The van der Waals surface area contributed by atoms with E-state index >= 15 is 0 Å². The fraction of sp³-hybridized carbons (Fsp3) is 0.233. The molecule has 3 aromatic carbocycles. The lowest BCUT2D eigenvalue weighted by molar-refractivity contribution is 0.0951. The molecular formula is C30H31N5O. The van der Waals surface area contributed by atoms with Crippen LogP contribution in [0.5, 0.6) is 0 Å². The molecule has 1 aromatic heterocycles. The SMILES string of the molecule is O=C(NCc1ccccc1)c1cnc(NCCC(c2ccccc2)c2ccccc2)nc1NC1CC1. The molecule has 0 saturated heterocycles. The van der Waals surface area contributed by atoms with E-state index in [9.17, 15) is 4.79 Å². The van der Waals surface area contributed by atoms with Gasteiger partial charge < -0.3 is 16.0 Å². The van der Waals surface area contributed by atoms with Gasteiger partial charge in [-0.15, -0.1) is 0 Å². The van der Waals surface area contributed by atoms with Crippen molar-refractivity contribution in [2.45, 2.75) is 37.8 Å². The number of nitrogens with one attached hydrogen (secondary N) is 3. The molecule has 6 nitrogen and oxygen atoms in total. The maximum Gasteiger partial charge on any atom is 0.256 e. The Labute approximate surface area is 212 Å². The molecule has 0 aliphatic heterocycles. The second-order valence-corrected chi connectivity index (χ2v) is 9.13. The molecule has 0 atom stereocenters. The van der Waals surface area contributed by atoms with Crippen molar-refractivity contribution in [3.05, 3.63) is 119 Å². The number of benzene rings is 3. The number of amides is 1. The normalized spacial score (nSPS) is 12.8. The molecular weight excluding hydrogens is 446 g/mol. The first kappa shape index (κ1) is 23.5. The molecule has 5 rings (SSSR count). The molecule has 1 amide bonds. The summed E-state index contributed by atoms with van der Waals surface area (Å²) in [5, 5.41) is 9.77. The molecule has 1 aliphatic rings. The minimum absolute atomic E-state index is 0.179. The fourth-order valence-electron chi connectivity index (χ4n) is 4.26. The van der Waals surface area contributed by atoms with Crippen LogP contribution in [0.25, 0.3) is 0 Å². The average molecular weight is 478 g/mol. The van der Waals surface area contributed by atoms with Crippen LogP contribution in [-0.2, 0) is 6.54 Å². The average Bonchev–Trinajstić information content (AvgIpc) is 3.75. The summed E-state index contributed by atoms with van der Waals surface area (Å²) in [4.78, 5) is 22.1. The number of nitrogens with zero attached hydrogens (tertiary/aromatic N) is 2. The van der Waals surface area contributed by atoms with Crippen LogP contribution in [0, 0.1) is 0 Å². The Morgan fingerprint density at radius 2 is 1.47 bits per heavy atom. The van der Waals surface area contributed by atoms with E-state index in [4.69, 9.17) is 0 Å². The number of hydrogen-bond acceptors (Lipinski definition) is 5. The minimum Gasteiger partial charge on any atom is -0.367 e. The third-order valence-corrected chi connectivity index (χ3v) is 6.37. The largest absolute Gasteiger partial charge is 0.367 e. The standard InChI is InChI=1S/C30H31N5O/c36-29(32-20-22-10-4-1-5-11-22)27-21-33-30(35-28(27)34-25-16-17-25)31-19-18-26(23-12-6-2-7-13-23)24-14-8-3-9-15-24/h1-15,21,25-26H,16-20H2,(H,32,36)(H2,31,33,34,35). The Morgan fingerprint density at radius 1 is 0.861 bits per heavy atom. The van der Waals surface area contributed by atoms with Gasteiger partial charge in [-0.3, -0.25) is 4.79 Å². The van der Waals surface area contributed by atoms with Crippen LogP contribution < -0.4 is 16.0 Å². The van der Waals surface area contributed by atoms with Gasteiger partial charge >= 0.3 is 0 Å². The molecule has 0 radical (unpaired) electrons. The lowest BCUT2D eigenvalue weighted by Gasteiger charge is -2.19. The van der Waals surface area contributed by atoms with Crippen molar-refractivity contribution in [1.29, 1.82) is 0 Å². The molecule has 0 unspecified atom stereocenters. The van der Waals surface area contributed by atoms with Gasteiger partial charge in [-0.1, -0.05) is 91.0 Å². The van der Waals surface area contributed by atoms with Gasteiger partial charge in [0.15, 0.2) is 0 Å². The first-order valence-corrected chi connectivity index (χ1v) is 12.6. The highest BCUT2D eigenvalue weighted by molar-refractivity contribution is 5.98. The zero-order valence-corrected chi connectivity index (χ0v) is 20.2. The van der Waals surface area contributed by atoms with Crippen molar-refractivity contribution in [2.75, 3.05) is 17.2 Å². The van der Waals surface area contributed by atoms with Crippen LogP contribution in [-0.4, -0.2) is 28.5 Å². The van der Waals surface area contributed by atoms with Crippen LogP contribution in [0.1, 0.15) is 52.2 Å². The Kier molecular flexibility index (Phi) is 7.52. The number of anilines is 2. The molecule has 0 spiro atoms. The molecule has 1 heterocycles. The second kappa shape index (κ2) is 11.5. The quantitative estimate of drug-likeness (QED) is 0.261. The Morgan fingerprint density at radius 3 is 2.08 bits per heavy atom. The van der Waals surface area contributed by atoms with Crippen LogP contribution in [0.3, 0.4) is 0 Å². The molecule has 3 N–H and O–H groups in total. The number of rotatable bonds is 11. The van der Waals surface area contributed by atoms with Gasteiger partial charge in [-0.25, -0.2) is 4.98 Å². The molecule has 1 fully saturated rings. The Balaban J connectivity index is 1.26. The summed E-state index contributed by atoms with van der Waals surface area (Å²) in [6.45, 7) is 1.17. The van der Waals surface area contributed by atoms with Gasteiger partial charge in [0.1, 0.15) is 11.4 Å². The molecule has 6 heteroatoms. The highest BCUT2D eigenvalue weighted by Crippen LogP contribution is 2.28. The number of carbonyl (C=O) groups is 1. The summed E-state index contributed by atoms with van der Waals surface area (Å²) < 4.78 is 0. The Hall–Kier alpha value is -4.19. The van der Waals surface area contributed by atoms with Crippen molar-refractivity contribution < 1.29 is 4.79 Å². The van der Waals surface area contributed by atoms with Gasteiger partial charge in [0.05, 0.1) is 0 Å². The summed E-state index contributed by atoms with van der Waals surface area (Å²) in [5.74, 6) is 1.20. The molecule has 36 heavy (non-hydrogen) atoms. The summed E-state index contributed by atoms with van der Waals surface area (Å²) >= 11 is 0. The summed E-state index contributed by atoms with van der Waals surface area (Å²) in [5.41, 5.74) is 4.09. The second-order valence-electron chi connectivity index (χ2n) is 9.13. The molecule has 0 bridgehead atoms. The van der Waals surface area contributed by atoms with E-state index in [1.807, 2.05) is 42.5 Å². The van der Waals surface area contributed by atoms with Crippen molar-refractivity contribution in [3.8, 4) is 0 Å². The van der Waals surface area contributed by atoms with Crippen LogP contribution >= 0.6 is 0 Å². The van der Waals surface area contributed by atoms with E-state index in [-0.39, 0.29) is 11.8 Å². The van der Waals surface area contributed by atoms with E-state index in [0.29, 0.717) is 36.5 Å². The highest BCUT2D eigenvalue weighted by atomic mass is 16.1. The van der Waals surface area contributed by atoms with Gasteiger partial charge in [0, 0.05) is 31.2 Å². The number of hydrogen-bond donors (Lipinski definition) is 3. The zero-order valence-electron chi connectivity index (χ0n) is 20.2. The van der Waals surface area contributed by atoms with Crippen molar-refractivity contribution in [2.24, 2.45) is 0 Å². The van der Waals surface area contributed by atoms with Crippen molar-refractivity contribution in [3.63, 3.8) is 0 Å². The molecule has 1 aliphatic carbocycles. The summed E-state index contributed by atoms with van der Waals surface area (Å²) in [7, 11) is 0. The Bertz CT molecular complexity index is 1220. The smallest absolute Gasteiger partial charge is 0.256 e. The van der Waals surface area contributed by atoms with Gasteiger partial charge in [0.25, 0.3) is 5.91 Å². The van der Waals surface area contributed by atoms with Gasteiger partial charge in [-0.2, -0.15) is 4.98 Å². The number of carbonyl (C=O) groups excluding carboxylic acids is 1. The third-order valence-electron chi connectivity index (χ3n) is 6.37. The predicted octanol–water partition coefficient (Wildman–Crippen LogP) is 5.62. The third kappa shape index (κ3) is 6.27. The van der Waals surface area contributed by atoms with E-state index in [1.54, 1.807) is 6.20 Å². The summed E-state index contributed by atoms with van der Waals surface area (Å²) in [6, 6.07) is 31.4. The minimum atomic E-state index is -0.179. The number of aromatic nitrogens is 2. The molecule has 1 saturated carbocycles. The first-order valence-electron chi connectivity index (χ1n) is 12.6. The van der Waals surface area contributed by atoms with Crippen molar-refractivity contribution >= 4 is 17.7 Å². The summed E-state index contributed by atoms with van der Waals surface area (Å²) in [6.07, 6.45) is 4.69. The maximum atomic E-state index is 12.9. The van der Waals surface area contributed by atoms with Crippen LogP contribution in [0.4, 0.5) is 11.8 Å². The highest BCUT2D eigenvalue weighted by Gasteiger charge is 2.25. The van der Waals surface area contributed by atoms with E-state index < -0.39 is 0 Å². The van der Waals surface area contributed by atoms with Gasteiger partial charge in [0.2, 0.25) is 5.95 Å². The van der Waals surface area contributed by atoms with E-state index in [1.165, 1.54) is 11.1 Å². The topological polar surface area (TPSA) is 78.9 Å². The first-order chi connectivity index (χ1) is 17.8. The van der Waals surface area contributed by atoms with E-state index in [2.05, 4.69) is 74.4 Å². The fourth-order valence-corrected chi connectivity index (χ4v) is 4.26. The van der Waals surface area contributed by atoms with Gasteiger partial charge in [-0.05, 0) is 36.0 Å². The molecule has 182 valence electrons. The lowest BCUT2D eigenvalue weighted by atomic mass is 9.88. The lowest BCUT2D eigenvalue weighted by Crippen LogP contribution is -2.25. The predicted molar refractivity (Wildman–Crippen MR) is 144 cm³/mol. The van der Waals surface area contributed by atoms with E-state index in [0.717, 1.165) is 24.8 Å². The maximum absolute atomic E-state index is 12.9. The zero-order chi connectivity index (χ0) is 24.6. The van der Waals surface area contributed by atoms with Crippen molar-refractivity contribution in [1.82, 2.24) is 15.3 Å². The monoisotopic (exact) mass is 477 g/mol. The van der Waals surface area contributed by atoms with Crippen LogP contribution in [0.15, 0.2) is 97.2 Å². The van der Waals surface area contributed by atoms with Crippen LogP contribution in [0.2, 0.25) is 0 Å². The molecule has 4 aromatic rings.